The quantitative estimate of drug-likeness (QED) is 0.507. The van der Waals surface area contributed by atoms with Gasteiger partial charge in [-0.1, -0.05) is 13.8 Å². The molecule has 1 rings (SSSR count). The molecular weight excluding hydrogens is 240 g/mol. The Bertz CT molecular complexity index is 228. The number of hydrogen-bond acceptors (Lipinski definition) is 1. The number of hydrogen-bond donors (Lipinski definition) is 0. The molecule has 68 valence electrons. The van der Waals surface area contributed by atoms with Gasteiger partial charge in [0.05, 0.1) is 6.61 Å². The molecule has 1 aromatic carbocycles. The van der Waals surface area contributed by atoms with Gasteiger partial charge in [0.25, 0.3) is 0 Å². The van der Waals surface area contributed by atoms with Gasteiger partial charge in [0, 0.05) is 5.75 Å². The van der Waals surface area contributed by atoms with Crippen molar-refractivity contribution in [2.45, 2.75) is 20.3 Å². The third kappa shape index (κ3) is 6.35. The van der Waals surface area contributed by atoms with Crippen LogP contribution in [0.25, 0.3) is 0 Å². The van der Waals surface area contributed by atoms with Crippen LogP contribution in [0.1, 0.15) is 18.9 Å². The molecular formula is C10H13BrMgO. The van der Waals surface area contributed by atoms with Crippen LogP contribution in [0.2, 0.25) is 0 Å². The molecule has 3 heteroatoms. The Morgan fingerprint density at radius 3 is 2.69 bits per heavy atom. The van der Waals surface area contributed by atoms with Crippen LogP contribution in [0, 0.1) is 13.0 Å². The minimum Gasteiger partial charge on any atom is -1.00 e. The van der Waals surface area contributed by atoms with Gasteiger partial charge in [-0.3, -0.25) is 0 Å². The zero-order chi connectivity index (χ0) is 8.10. The van der Waals surface area contributed by atoms with Crippen LogP contribution in [0.3, 0.4) is 0 Å². The molecule has 0 bridgehead atoms. The van der Waals surface area contributed by atoms with E-state index in [-0.39, 0.29) is 40.0 Å². The van der Waals surface area contributed by atoms with E-state index in [2.05, 4.69) is 13.0 Å². The van der Waals surface area contributed by atoms with E-state index in [9.17, 15) is 0 Å². The fraction of sp³-hybridized carbons (Fsp3) is 0.400. The molecule has 0 saturated heterocycles. The van der Waals surface area contributed by atoms with Crippen molar-refractivity contribution in [3.8, 4) is 5.75 Å². The van der Waals surface area contributed by atoms with Crippen molar-refractivity contribution >= 4 is 23.1 Å². The summed E-state index contributed by atoms with van der Waals surface area (Å²) in [6.07, 6.45) is 1.05. The third-order valence-corrected chi connectivity index (χ3v) is 1.39. The van der Waals surface area contributed by atoms with Crippen LogP contribution in [0.5, 0.6) is 5.75 Å². The number of halogens is 1. The summed E-state index contributed by atoms with van der Waals surface area (Å²) in [6, 6.07) is 8.89. The van der Waals surface area contributed by atoms with Crippen LogP contribution in [-0.2, 0) is 0 Å². The molecule has 0 atom stereocenters. The first-order chi connectivity index (χ1) is 5.33. The predicted molar refractivity (Wildman–Crippen MR) is 51.6 cm³/mol. The van der Waals surface area contributed by atoms with Gasteiger partial charge in [-0.2, -0.15) is 17.7 Å². The molecule has 0 aliphatic carbocycles. The molecule has 0 N–H and O–H groups in total. The Morgan fingerprint density at radius 2 is 2.15 bits per heavy atom. The van der Waals surface area contributed by atoms with Crippen molar-refractivity contribution in [2.24, 2.45) is 0 Å². The largest absolute Gasteiger partial charge is 2.00 e. The summed E-state index contributed by atoms with van der Waals surface area (Å²) < 4.78 is 5.42. The second kappa shape index (κ2) is 8.85. The van der Waals surface area contributed by atoms with Gasteiger partial charge < -0.3 is 21.7 Å². The second-order valence-electron chi connectivity index (χ2n) is 2.56. The van der Waals surface area contributed by atoms with E-state index in [4.69, 9.17) is 4.74 Å². The van der Waals surface area contributed by atoms with Gasteiger partial charge in [-0.05, 0) is 6.42 Å². The Kier molecular flexibility index (Phi) is 10.7. The molecule has 0 radical (unpaired) electrons. The van der Waals surface area contributed by atoms with Gasteiger partial charge in [-0.15, -0.1) is 12.1 Å². The minimum atomic E-state index is 0. The number of aryl methyl sites for hydroxylation is 1. The molecule has 0 saturated carbocycles. The van der Waals surface area contributed by atoms with Gasteiger partial charge in [-0.25, -0.2) is 0 Å². The van der Waals surface area contributed by atoms with Crippen molar-refractivity contribution in [2.75, 3.05) is 6.61 Å². The van der Waals surface area contributed by atoms with Gasteiger partial charge in [0.1, 0.15) is 0 Å². The van der Waals surface area contributed by atoms with E-state index < -0.39 is 0 Å². The first-order valence-electron chi connectivity index (χ1n) is 3.94. The number of ether oxygens (including phenoxy) is 1. The van der Waals surface area contributed by atoms with Crippen LogP contribution in [0.15, 0.2) is 18.2 Å². The Labute approximate surface area is 107 Å². The topological polar surface area (TPSA) is 9.23 Å². The maximum absolute atomic E-state index is 5.42. The molecule has 0 fully saturated rings. The van der Waals surface area contributed by atoms with E-state index >= 15 is 0 Å². The molecule has 0 unspecified atom stereocenters. The molecule has 0 aliphatic heterocycles. The van der Waals surface area contributed by atoms with Crippen molar-refractivity contribution in [3.05, 3.63) is 29.8 Å². The van der Waals surface area contributed by atoms with E-state index in [0.717, 1.165) is 24.3 Å². The molecule has 0 aliphatic rings. The van der Waals surface area contributed by atoms with Gasteiger partial charge in [0.2, 0.25) is 0 Å². The molecule has 13 heavy (non-hydrogen) atoms. The molecule has 0 heterocycles. The Hall–Kier alpha value is 0.266. The Morgan fingerprint density at radius 1 is 1.46 bits per heavy atom. The summed E-state index contributed by atoms with van der Waals surface area (Å²) in [5.74, 6) is 0.947. The zero-order valence-electron chi connectivity index (χ0n) is 8.14. The molecule has 0 amide bonds. The van der Waals surface area contributed by atoms with Crippen molar-refractivity contribution in [1.82, 2.24) is 0 Å². The number of rotatable bonds is 3. The maximum atomic E-state index is 5.42. The first kappa shape index (κ1) is 15.7. The van der Waals surface area contributed by atoms with Gasteiger partial charge in [0.15, 0.2) is 0 Å². The second-order valence-corrected chi connectivity index (χ2v) is 2.56. The zero-order valence-corrected chi connectivity index (χ0v) is 11.1. The minimum absolute atomic E-state index is 0. The summed E-state index contributed by atoms with van der Waals surface area (Å²) in [5, 5.41) is 0. The van der Waals surface area contributed by atoms with Crippen molar-refractivity contribution < 1.29 is 21.7 Å². The fourth-order valence-electron chi connectivity index (χ4n) is 0.868. The van der Waals surface area contributed by atoms with Crippen molar-refractivity contribution in [3.63, 3.8) is 0 Å². The SMILES string of the molecule is CCCOc1cc[c-]c(C)c1.[Br-].[Mg+2]. The average molecular weight is 253 g/mol. The summed E-state index contributed by atoms with van der Waals surface area (Å²) in [4.78, 5) is 0. The van der Waals surface area contributed by atoms with E-state index in [1.54, 1.807) is 0 Å². The number of benzene rings is 1. The monoisotopic (exact) mass is 252 g/mol. The van der Waals surface area contributed by atoms with E-state index in [1.807, 2.05) is 25.1 Å². The van der Waals surface area contributed by atoms with Crippen LogP contribution in [-0.4, -0.2) is 29.7 Å². The molecule has 0 spiro atoms. The summed E-state index contributed by atoms with van der Waals surface area (Å²) in [7, 11) is 0. The normalized spacial score (nSPS) is 8.15. The average Bonchev–Trinajstić information content (AvgIpc) is 2.01. The van der Waals surface area contributed by atoms with Crippen LogP contribution in [0.4, 0.5) is 0 Å². The first-order valence-corrected chi connectivity index (χ1v) is 3.94. The summed E-state index contributed by atoms with van der Waals surface area (Å²) in [6.45, 7) is 4.91. The van der Waals surface area contributed by atoms with Gasteiger partial charge >= 0.3 is 23.1 Å². The maximum Gasteiger partial charge on any atom is 2.00 e. The molecule has 1 nitrogen and oxygen atoms in total. The summed E-state index contributed by atoms with van der Waals surface area (Å²) >= 11 is 0. The Balaban J connectivity index is 0. The fourth-order valence-corrected chi connectivity index (χ4v) is 0.868. The van der Waals surface area contributed by atoms with Crippen LogP contribution >= 0.6 is 0 Å². The third-order valence-electron chi connectivity index (χ3n) is 1.39. The van der Waals surface area contributed by atoms with Crippen molar-refractivity contribution in [1.29, 1.82) is 0 Å². The molecule has 1 aromatic rings. The predicted octanol–water partition coefficient (Wildman–Crippen LogP) is -0.793. The smallest absolute Gasteiger partial charge is 1.00 e. The van der Waals surface area contributed by atoms with E-state index in [0.29, 0.717) is 0 Å². The molecule has 0 aromatic heterocycles. The standard InChI is InChI=1S/C10H13O.BrH.Mg/c1-3-7-11-10-6-4-5-9(2)8-10;;/h4,6,8H,3,7H2,1-2H3;1H;/q-1;;+2/p-1. The van der Waals surface area contributed by atoms with Crippen LogP contribution < -0.4 is 21.7 Å². The van der Waals surface area contributed by atoms with E-state index in [1.165, 1.54) is 0 Å². The summed E-state index contributed by atoms with van der Waals surface area (Å²) in [5.41, 5.74) is 1.12.